The number of ether oxygens (including phenoxy) is 3. The molecule has 2 aromatic rings. The number of methoxy groups -OCH3 is 1. The molecule has 11 heteroatoms. The molecule has 1 aromatic heterocycles. The fourth-order valence-corrected chi connectivity index (χ4v) is 3.60. The van der Waals surface area contributed by atoms with Crippen molar-refractivity contribution in [1.82, 2.24) is 4.90 Å². The monoisotopic (exact) mass is 461 g/mol. The molecule has 1 saturated heterocycles. The maximum atomic E-state index is 12.7. The number of carboxylic acids is 1. The Hall–Kier alpha value is -3.73. The van der Waals surface area contributed by atoms with Gasteiger partial charge in [-0.25, -0.2) is 9.59 Å². The van der Waals surface area contributed by atoms with Crippen LogP contribution in [0.5, 0.6) is 11.5 Å². The highest BCUT2D eigenvalue weighted by atomic mass is 32.2. The highest BCUT2D eigenvalue weighted by molar-refractivity contribution is 8.18. The molecule has 0 aliphatic carbocycles. The van der Waals surface area contributed by atoms with Crippen molar-refractivity contribution in [3.05, 3.63) is 52.3 Å². The Morgan fingerprint density at radius 2 is 1.94 bits per heavy atom. The van der Waals surface area contributed by atoms with E-state index in [-0.39, 0.29) is 28.7 Å². The second-order valence-corrected chi connectivity index (χ2v) is 7.34. The van der Waals surface area contributed by atoms with Gasteiger partial charge in [0.05, 0.1) is 25.2 Å². The Balaban J connectivity index is 1.77. The van der Waals surface area contributed by atoms with Gasteiger partial charge < -0.3 is 23.7 Å². The third kappa shape index (κ3) is 5.30. The summed E-state index contributed by atoms with van der Waals surface area (Å²) in [6.45, 7) is 1.42. The van der Waals surface area contributed by atoms with Crippen LogP contribution < -0.4 is 9.47 Å². The summed E-state index contributed by atoms with van der Waals surface area (Å²) in [5.74, 6) is -1.51. The second-order valence-electron chi connectivity index (χ2n) is 6.35. The Bertz CT molecular complexity index is 1090. The van der Waals surface area contributed by atoms with Crippen molar-refractivity contribution in [3.8, 4) is 11.5 Å². The Labute approximate surface area is 186 Å². The fraction of sp³-hybridized carbons (Fsp3) is 0.238. The number of aliphatic carboxylic acids is 1. The molecule has 1 aliphatic heterocycles. The zero-order chi connectivity index (χ0) is 23.3. The summed E-state index contributed by atoms with van der Waals surface area (Å²) in [4.78, 5) is 48.5. The SMILES string of the molecule is CCOc1cc(C=C2SC(=O)N(Cc3ccc(C(=O)OC)o3)C2=O)ccc1OCC(=O)O. The van der Waals surface area contributed by atoms with Crippen molar-refractivity contribution in [2.75, 3.05) is 20.3 Å². The minimum absolute atomic E-state index is 0.0290. The van der Waals surface area contributed by atoms with Gasteiger partial charge in [-0.1, -0.05) is 6.07 Å². The van der Waals surface area contributed by atoms with Crippen molar-refractivity contribution >= 4 is 40.9 Å². The molecule has 3 rings (SSSR count). The van der Waals surface area contributed by atoms with Crippen LogP contribution in [0.1, 0.15) is 28.8 Å². The summed E-state index contributed by atoms with van der Waals surface area (Å²) in [6, 6.07) is 7.62. The number of carboxylic acid groups (broad SMARTS) is 1. The lowest BCUT2D eigenvalue weighted by molar-refractivity contribution is -0.139. The van der Waals surface area contributed by atoms with E-state index in [2.05, 4.69) is 4.74 Å². The van der Waals surface area contributed by atoms with E-state index in [0.717, 1.165) is 16.7 Å². The van der Waals surface area contributed by atoms with E-state index in [4.69, 9.17) is 19.0 Å². The molecule has 0 saturated carbocycles. The van der Waals surface area contributed by atoms with Crippen LogP contribution in [0.2, 0.25) is 0 Å². The molecular formula is C21H19NO9S. The molecule has 1 fully saturated rings. The van der Waals surface area contributed by atoms with Crippen LogP contribution in [0.15, 0.2) is 39.7 Å². The number of esters is 1. The maximum absolute atomic E-state index is 12.7. The van der Waals surface area contributed by atoms with E-state index >= 15 is 0 Å². The molecule has 1 N–H and O–H groups in total. The lowest BCUT2D eigenvalue weighted by Crippen LogP contribution is -2.27. The minimum atomic E-state index is -1.12. The van der Waals surface area contributed by atoms with Crippen molar-refractivity contribution in [3.63, 3.8) is 0 Å². The first-order chi connectivity index (χ1) is 15.3. The second kappa shape index (κ2) is 10.1. The molecule has 0 unspecified atom stereocenters. The highest BCUT2D eigenvalue weighted by Crippen LogP contribution is 2.35. The van der Waals surface area contributed by atoms with Crippen LogP contribution in [-0.4, -0.2) is 53.4 Å². The zero-order valence-electron chi connectivity index (χ0n) is 17.2. The van der Waals surface area contributed by atoms with Crippen molar-refractivity contribution in [1.29, 1.82) is 0 Å². The van der Waals surface area contributed by atoms with Crippen LogP contribution >= 0.6 is 11.8 Å². The largest absolute Gasteiger partial charge is 0.490 e. The number of thioether (sulfide) groups is 1. The molecule has 1 aromatic carbocycles. The topological polar surface area (TPSA) is 133 Å². The van der Waals surface area contributed by atoms with E-state index in [0.29, 0.717) is 17.9 Å². The molecule has 10 nitrogen and oxygen atoms in total. The van der Waals surface area contributed by atoms with Crippen molar-refractivity contribution in [2.24, 2.45) is 0 Å². The third-order valence-corrected chi connectivity index (χ3v) is 5.06. The minimum Gasteiger partial charge on any atom is -0.490 e. The van der Waals surface area contributed by atoms with E-state index < -0.39 is 29.7 Å². The van der Waals surface area contributed by atoms with E-state index in [9.17, 15) is 19.2 Å². The van der Waals surface area contributed by atoms with Gasteiger partial charge in [0.15, 0.2) is 18.1 Å². The van der Waals surface area contributed by atoms with Gasteiger partial charge in [-0.05, 0) is 54.6 Å². The van der Waals surface area contributed by atoms with Gasteiger partial charge in [-0.15, -0.1) is 0 Å². The first-order valence-electron chi connectivity index (χ1n) is 9.36. The van der Waals surface area contributed by atoms with Crippen molar-refractivity contribution in [2.45, 2.75) is 13.5 Å². The van der Waals surface area contributed by atoms with Gasteiger partial charge >= 0.3 is 11.9 Å². The summed E-state index contributed by atoms with van der Waals surface area (Å²) < 4.78 is 20.6. The Morgan fingerprint density at radius 1 is 1.16 bits per heavy atom. The summed E-state index contributed by atoms with van der Waals surface area (Å²) >= 11 is 0.767. The normalized spacial score (nSPS) is 14.7. The molecule has 0 atom stereocenters. The number of carbonyl (C=O) groups is 4. The molecule has 1 aliphatic rings. The molecule has 168 valence electrons. The molecule has 2 heterocycles. The lowest BCUT2D eigenvalue weighted by Gasteiger charge is -2.11. The van der Waals surface area contributed by atoms with Crippen molar-refractivity contribution < 1.29 is 42.9 Å². The van der Waals surface area contributed by atoms with Gasteiger partial charge in [0, 0.05) is 0 Å². The average Bonchev–Trinajstić information content (AvgIpc) is 3.33. The predicted molar refractivity (Wildman–Crippen MR) is 112 cm³/mol. The predicted octanol–water partition coefficient (Wildman–Crippen LogP) is 3.16. The summed E-state index contributed by atoms with van der Waals surface area (Å²) in [7, 11) is 1.22. The number of benzene rings is 1. The van der Waals surface area contributed by atoms with E-state index in [1.165, 1.54) is 31.4 Å². The van der Waals surface area contributed by atoms with Crippen LogP contribution in [0.4, 0.5) is 4.79 Å². The highest BCUT2D eigenvalue weighted by Gasteiger charge is 2.35. The van der Waals surface area contributed by atoms with Gasteiger partial charge in [0.2, 0.25) is 5.76 Å². The number of nitrogens with zero attached hydrogens (tertiary/aromatic N) is 1. The average molecular weight is 461 g/mol. The molecule has 2 amide bonds. The van der Waals surface area contributed by atoms with E-state index in [1.807, 2.05) is 0 Å². The van der Waals surface area contributed by atoms with Crippen LogP contribution in [0.25, 0.3) is 6.08 Å². The van der Waals surface area contributed by atoms with Gasteiger partial charge in [0.25, 0.3) is 11.1 Å². The first-order valence-corrected chi connectivity index (χ1v) is 10.2. The van der Waals surface area contributed by atoms with Crippen LogP contribution in [-0.2, 0) is 20.9 Å². The molecule has 0 bridgehead atoms. The Morgan fingerprint density at radius 3 is 2.62 bits per heavy atom. The molecule has 0 spiro atoms. The van der Waals surface area contributed by atoms with Crippen LogP contribution in [0, 0.1) is 0 Å². The molecule has 32 heavy (non-hydrogen) atoms. The summed E-state index contributed by atoms with van der Waals surface area (Å²) in [5.41, 5.74) is 0.563. The van der Waals surface area contributed by atoms with Crippen LogP contribution in [0.3, 0.4) is 0 Å². The van der Waals surface area contributed by atoms with Gasteiger partial charge in [0.1, 0.15) is 5.76 Å². The van der Waals surface area contributed by atoms with Gasteiger partial charge in [-0.3, -0.25) is 14.5 Å². The number of hydrogen-bond acceptors (Lipinski definition) is 9. The fourth-order valence-electron chi connectivity index (χ4n) is 2.76. The number of amides is 2. The number of imide groups is 1. The maximum Gasteiger partial charge on any atom is 0.373 e. The lowest BCUT2D eigenvalue weighted by atomic mass is 10.2. The number of furan rings is 1. The standard InChI is InChI=1S/C21H19NO9S/c1-3-29-16-8-12(4-6-14(16)30-11-18(23)24)9-17-19(25)22(21(27)32-17)10-13-5-7-15(31-13)20(26)28-2/h4-9H,3,10-11H2,1-2H3,(H,23,24). The number of carbonyl (C=O) groups excluding carboxylic acids is 3. The summed E-state index contributed by atoms with van der Waals surface area (Å²) in [6.07, 6.45) is 1.52. The smallest absolute Gasteiger partial charge is 0.373 e. The van der Waals surface area contributed by atoms with E-state index in [1.54, 1.807) is 19.1 Å². The van der Waals surface area contributed by atoms with Gasteiger partial charge in [-0.2, -0.15) is 0 Å². The molecular weight excluding hydrogens is 442 g/mol. The quantitative estimate of drug-likeness (QED) is 0.438. The first kappa shape index (κ1) is 22.9. The Kier molecular flexibility index (Phi) is 7.21. The number of hydrogen-bond donors (Lipinski definition) is 1. The zero-order valence-corrected chi connectivity index (χ0v) is 18.0. The molecule has 0 radical (unpaired) electrons. The third-order valence-electron chi connectivity index (χ3n) is 4.15. The summed E-state index contributed by atoms with van der Waals surface area (Å²) in [5, 5.41) is 8.30. The number of rotatable bonds is 9.